The van der Waals surface area contributed by atoms with Gasteiger partial charge in [-0.25, -0.2) is 9.97 Å². The molecule has 0 aliphatic rings. The van der Waals surface area contributed by atoms with Crippen molar-refractivity contribution in [1.29, 1.82) is 0 Å². The summed E-state index contributed by atoms with van der Waals surface area (Å²) in [5.41, 5.74) is 9.33. The molecule has 0 saturated heterocycles. The van der Waals surface area contributed by atoms with E-state index in [0.717, 1.165) is 22.5 Å². The van der Waals surface area contributed by atoms with E-state index in [2.05, 4.69) is 104 Å². The van der Waals surface area contributed by atoms with E-state index in [0.29, 0.717) is 0 Å². The number of aromatic nitrogens is 2. The number of benzene rings is 6. The van der Waals surface area contributed by atoms with Crippen LogP contribution in [0.5, 0.6) is 0 Å². The number of rotatable bonds is 4. The van der Waals surface area contributed by atoms with Gasteiger partial charge in [-0.3, -0.25) is 0 Å². The van der Waals surface area contributed by atoms with E-state index in [1.165, 1.54) is 49.4 Å². The van der Waals surface area contributed by atoms with Gasteiger partial charge < -0.3 is 0 Å². The lowest BCUT2D eigenvalue weighted by molar-refractivity contribution is 1.18. The van der Waals surface area contributed by atoms with Gasteiger partial charge in [0.2, 0.25) is 0 Å². The van der Waals surface area contributed by atoms with Gasteiger partial charge in [0.25, 0.3) is 0 Å². The molecule has 184 valence electrons. The van der Waals surface area contributed by atoms with Crippen molar-refractivity contribution < 1.29 is 0 Å². The summed E-state index contributed by atoms with van der Waals surface area (Å²) >= 11 is 0. The van der Waals surface area contributed by atoms with Crippen LogP contribution in [0.15, 0.2) is 140 Å². The summed E-state index contributed by atoms with van der Waals surface area (Å²) in [5.74, 6) is 0.734. The fourth-order valence-electron chi connectivity index (χ4n) is 5.57. The first-order chi connectivity index (χ1) is 19.3. The maximum atomic E-state index is 4.70. The quantitative estimate of drug-likeness (QED) is 0.226. The molecule has 0 radical (unpaired) electrons. The molecule has 2 nitrogen and oxygen atoms in total. The van der Waals surface area contributed by atoms with Crippen LogP contribution in [-0.4, -0.2) is 9.97 Å². The van der Waals surface area contributed by atoms with Crippen LogP contribution in [-0.2, 0) is 0 Å². The number of hydrogen-bond donors (Lipinski definition) is 0. The standard InChI is InChI=1S/C37H26N2/c1-25-17-19-31-33(21-25)35(26-11-5-2-6-12-26)32-20-18-29(22-34(32)36(31)27-13-7-3-8-14-27)30-23-38-37(39-24-30)28-15-9-4-10-16-28/h2-24H,1H3. The second-order valence-electron chi connectivity index (χ2n) is 9.95. The molecule has 0 amide bonds. The van der Waals surface area contributed by atoms with Gasteiger partial charge in [-0.1, -0.05) is 127 Å². The molecular weight excluding hydrogens is 472 g/mol. The Hall–Kier alpha value is -5.08. The van der Waals surface area contributed by atoms with Gasteiger partial charge in [-0.2, -0.15) is 0 Å². The fourth-order valence-corrected chi connectivity index (χ4v) is 5.57. The molecule has 7 aromatic rings. The summed E-state index contributed by atoms with van der Waals surface area (Å²) in [6.45, 7) is 2.17. The van der Waals surface area contributed by atoms with Gasteiger partial charge in [0, 0.05) is 23.5 Å². The van der Waals surface area contributed by atoms with Crippen molar-refractivity contribution in [2.75, 3.05) is 0 Å². The maximum Gasteiger partial charge on any atom is 0.159 e. The van der Waals surface area contributed by atoms with Crippen LogP contribution in [0.25, 0.3) is 66.3 Å². The Kier molecular flexibility index (Phi) is 5.71. The van der Waals surface area contributed by atoms with Gasteiger partial charge in [0.1, 0.15) is 0 Å². The van der Waals surface area contributed by atoms with E-state index in [1.807, 2.05) is 42.7 Å². The summed E-state index contributed by atoms with van der Waals surface area (Å²) in [5, 5.41) is 4.99. The highest BCUT2D eigenvalue weighted by atomic mass is 14.9. The third-order valence-electron chi connectivity index (χ3n) is 7.41. The van der Waals surface area contributed by atoms with E-state index in [4.69, 9.17) is 9.97 Å². The van der Waals surface area contributed by atoms with Gasteiger partial charge in [0.15, 0.2) is 5.82 Å². The van der Waals surface area contributed by atoms with Crippen LogP contribution in [0.4, 0.5) is 0 Å². The van der Waals surface area contributed by atoms with Crippen LogP contribution < -0.4 is 0 Å². The number of fused-ring (bicyclic) bond motifs is 2. The number of aryl methyl sites for hydroxylation is 1. The largest absolute Gasteiger partial charge is 0.236 e. The first-order valence-electron chi connectivity index (χ1n) is 13.2. The maximum absolute atomic E-state index is 4.70. The highest BCUT2D eigenvalue weighted by Crippen LogP contribution is 2.45. The average Bonchev–Trinajstić information content (AvgIpc) is 3.01. The molecule has 1 aromatic heterocycles. The van der Waals surface area contributed by atoms with Crippen molar-refractivity contribution in [1.82, 2.24) is 9.97 Å². The molecule has 0 aliphatic heterocycles. The van der Waals surface area contributed by atoms with Crippen molar-refractivity contribution in [2.45, 2.75) is 6.92 Å². The minimum absolute atomic E-state index is 0.734. The third kappa shape index (κ3) is 4.17. The zero-order valence-electron chi connectivity index (χ0n) is 21.7. The highest BCUT2D eigenvalue weighted by Gasteiger charge is 2.18. The molecule has 0 aliphatic carbocycles. The first-order valence-corrected chi connectivity index (χ1v) is 13.2. The molecule has 0 atom stereocenters. The van der Waals surface area contributed by atoms with Crippen LogP contribution in [0.1, 0.15) is 5.56 Å². The number of hydrogen-bond acceptors (Lipinski definition) is 2. The smallest absolute Gasteiger partial charge is 0.159 e. The second-order valence-corrected chi connectivity index (χ2v) is 9.95. The second kappa shape index (κ2) is 9.66. The van der Waals surface area contributed by atoms with Gasteiger partial charge >= 0.3 is 0 Å². The monoisotopic (exact) mass is 498 g/mol. The molecule has 2 heteroatoms. The normalized spacial score (nSPS) is 11.2. The van der Waals surface area contributed by atoms with E-state index in [9.17, 15) is 0 Å². The number of nitrogens with zero attached hydrogens (tertiary/aromatic N) is 2. The van der Waals surface area contributed by atoms with Crippen LogP contribution in [0, 0.1) is 6.92 Å². The lowest BCUT2D eigenvalue weighted by atomic mass is 9.84. The lowest BCUT2D eigenvalue weighted by Gasteiger charge is -2.19. The Morgan fingerprint density at radius 3 is 1.44 bits per heavy atom. The summed E-state index contributed by atoms with van der Waals surface area (Å²) in [6, 6.07) is 45.2. The molecule has 0 bridgehead atoms. The molecule has 7 rings (SSSR count). The summed E-state index contributed by atoms with van der Waals surface area (Å²) in [6.07, 6.45) is 3.86. The molecular formula is C37H26N2. The molecule has 0 spiro atoms. The summed E-state index contributed by atoms with van der Waals surface area (Å²) < 4.78 is 0. The van der Waals surface area contributed by atoms with Gasteiger partial charge in [-0.15, -0.1) is 0 Å². The Morgan fingerprint density at radius 1 is 0.385 bits per heavy atom. The molecule has 39 heavy (non-hydrogen) atoms. The molecule has 0 fully saturated rings. The topological polar surface area (TPSA) is 25.8 Å². The van der Waals surface area contributed by atoms with E-state index in [1.54, 1.807) is 0 Å². The van der Waals surface area contributed by atoms with Crippen LogP contribution >= 0.6 is 0 Å². The molecule has 1 heterocycles. The molecule has 6 aromatic carbocycles. The zero-order valence-corrected chi connectivity index (χ0v) is 21.7. The SMILES string of the molecule is Cc1ccc2c(-c3ccccc3)c3cc(-c4cnc(-c5ccccc5)nc4)ccc3c(-c3ccccc3)c2c1. The van der Waals surface area contributed by atoms with Gasteiger partial charge in [0.05, 0.1) is 0 Å². The fraction of sp³-hybridized carbons (Fsp3) is 0.0270. The van der Waals surface area contributed by atoms with Gasteiger partial charge in [-0.05, 0) is 62.4 Å². The Labute approximate surface area is 228 Å². The van der Waals surface area contributed by atoms with Crippen molar-refractivity contribution in [3.8, 4) is 44.8 Å². The zero-order chi connectivity index (χ0) is 26.2. The molecule has 0 unspecified atom stereocenters. The first kappa shape index (κ1) is 23.1. The van der Waals surface area contributed by atoms with Crippen molar-refractivity contribution in [3.63, 3.8) is 0 Å². The Balaban J connectivity index is 1.51. The summed E-state index contributed by atoms with van der Waals surface area (Å²) in [7, 11) is 0. The van der Waals surface area contributed by atoms with E-state index >= 15 is 0 Å². The molecule has 0 N–H and O–H groups in total. The minimum atomic E-state index is 0.734. The third-order valence-corrected chi connectivity index (χ3v) is 7.41. The molecule has 0 saturated carbocycles. The minimum Gasteiger partial charge on any atom is -0.236 e. The Morgan fingerprint density at radius 2 is 0.872 bits per heavy atom. The van der Waals surface area contributed by atoms with Crippen molar-refractivity contribution in [3.05, 3.63) is 145 Å². The highest BCUT2D eigenvalue weighted by molar-refractivity contribution is 6.22. The van der Waals surface area contributed by atoms with Crippen LogP contribution in [0.3, 0.4) is 0 Å². The predicted molar refractivity (Wildman–Crippen MR) is 164 cm³/mol. The van der Waals surface area contributed by atoms with E-state index < -0.39 is 0 Å². The summed E-state index contributed by atoms with van der Waals surface area (Å²) in [4.78, 5) is 9.40. The lowest BCUT2D eigenvalue weighted by Crippen LogP contribution is -1.93. The predicted octanol–water partition coefficient (Wildman–Crippen LogP) is 9.76. The Bertz CT molecular complexity index is 1930. The van der Waals surface area contributed by atoms with Crippen molar-refractivity contribution >= 4 is 21.5 Å². The van der Waals surface area contributed by atoms with Crippen molar-refractivity contribution in [2.24, 2.45) is 0 Å². The average molecular weight is 499 g/mol. The van der Waals surface area contributed by atoms with Crippen LogP contribution in [0.2, 0.25) is 0 Å². The van der Waals surface area contributed by atoms with E-state index in [-0.39, 0.29) is 0 Å².